The normalized spacial score (nSPS) is 9.36. The molecule has 1 aromatic carbocycles. The monoisotopic (exact) mass is 207 g/mol. The summed E-state index contributed by atoms with van der Waals surface area (Å²) in [5, 5.41) is 0. The number of alkyl halides is 1. The molecule has 0 radical (unpaired) electrons. The highest BCUT2D eigenvalue weighted by Crippen LogP contribution is 2.18. The maximum atomic E-state index is 5.78. The summed E-state index contributed by atoms with van der Waals surface area (Å²) >= 11 is 5.54. The molecular formula is C12H14ClN. The summed E-state index contributed by atoms with van der Waals surface area (Å²) in [5.41, 5.74) is 9.92. The topological polar surface area (TPSA) is 26.0 Å². The second-order valence-corrected chi connectivity index (χ2v) is 3.57. The second kappa shape index (κ2) is 4.93. The average Bonchev–Trinajstić information content (AvgIpc) is 2.18. The lowest BCUT2D eigenvalue weighted by molar-refractivity contribution is 1.28. The third-order valence-corrected chi connectivity index (χ3v) is 2.46. The summed E-state index contributed by atoms with van der Waals surface area (Å²) < 4.78 is 0. The van der Waals surface area contributed by atoms with E-state index in [4.69, 9.17) is 17.3 Å². The van der Waals surface area contributed by atoms with E-state index in [1.165, 1.54) is 0 Å². The Labute approximate surface area is 90.3 Å². The van der Waals surface area contributed by atoms with Crippen LogP contribution in [0.5, 0.6) is 0 Å². The van der Waals surface area contributed by atoms with E-state index in [0.29, 0.717) is 5.88 Å². The van der Waals surface area contributed by atoms with Crippen LogP contribution in [0.15, 0.2) is 12.1 Å². The summed E-state index contributed by atoms with van der Waals surface area (Å²) in [5.74, 6) is 6.69. The average molecular weight is 208 g/mol. The molecule has 0 bridgehead atoms. The van der Waals surface area contributed by atoms with E-state index < -0.39 is 0 Å². The van der Waals surface area contributed by atoms with E-state index in [-0.39, 0.29) is 0 Å². The largest absolute Gasteiger partial charge is 0.399 e. The van der Waals surface area contributed by atoms with Gasteiger partial charge in [-0.2, -0.15) is 0 Å². The fourth-order valence-corrected chi connectivity index (χ4v) is 1.28. The number of nitrogen functional groups attached to an aromatic ring is 1. The van der Waals surface area contributed by atoms with Crippen LogP contribution >= 0.6 is 11.6 Å². The van der Waals surface area contributed by atoms with Gasteiger partial charge >= 0.3 is 0 Å². The SMILES string of the molecule is Cc1c(N)ccc(C#CCCCl)c1C. The number of benzene rings is 1. The third-order valence-electron chi connectivity index (χ3n) is 2.27. The lowest BCUT2D eigenvalue weighted by Crippen LogP contribution is -1.94. The molecule has 0 aromatic heterocycles. The summed E-state index contributed by atoms with van der Waals surface area (Å²) in [6, 6.07) is 3.85. The molecule has 1 rings (SSSR count). The van der Waals surface area contributed by atoms with E-state index in [2.05, 4.69) is 11.8 Å². The Balaban J connectivity index is 3.02. The zero-order chi connectivity index (χ0) is 10.6. The van der Waals surface area contributed by atoms with Crippen molar-refractivity contribution in [2.24, 2.45) is 0 Å². The molecule has 0 atom stereocenters. The smallest absolute Gasteiger partial charge is 0.0347 e. The molecule has 0 aliphatic heterocycles. The summed E-state index contributed by atoms with van der Waals surface area (Å²) in [6.45, 7) is 4.05. The molecule has 0 aliphatic carbocycles. The van der Waals surface area contributed by atoms with Gasteiger partial charge in [-0.15, -0.1) is 11.6 Å². The van der Waals surface area contributed by atoms with Crippen molar-refractivity contribution in [2.45, 2.75) is 20.3 Å². The summed E-state index contributed by atoms with van der Waals surface area (Å²) in [6.07, 6.45) is 0.727. The van der Waals surface area contributed by atoms with Crippen LogP contribution in [0.1, 0.15) is 23.1 Å². The van der Waals surface area contributed by atoms with Gasteiger partial charge in [0.2, 0.25) is 0 Å². The van der Waals surface area contributed by atoms with E-state index >= 15 is 0 Å². The molecular weight excluding hydrogens is 194 g/mol. The van der Waals surface area contributed by atoms with Crippen LogP contribution in [0.2, 0.25) is 0 Å². The van der Waals surface area contributed by atoms with Gasteiger partial charge in [0.25, 0.3) is 0 Å². The molecule has 14 heavy (non-hydrogen) atoms. The zero-order valence-corrected chi connectivity index (χ0v) is 9.28. The van der Waals surface area contributed by atoms with Gasteiger partial charge in [0.15, 0.2) is 0 Å². The number of hydrogen-bond donors (Lipinski definition) is 1. The molecule has 0 fully saturated rings. The van der Waals surface area contributed by atoms with E-state index in [1.807, 2.05) is 26.0 Å². The molecule has 0 amide bonds. The van der Waals surface area contributed by atoms with Crippen molar-refractivity contribution >= 4 is 17.3 Å². The van der Waals surface area contributed by atoms with Crippen molar-refractivity contribution in [3.05, 3.63) is 28.8 Å². The Bertz CT molecular complexity index is 385. The van der Waals surface area contributed by atoms with E-state index in [0.717, 1.165) is 28.8 Å². The third kappa shape index (κ3) is 2.43. The summed E-state index contributed by atoms with van der Waals surface area (Å²) in [4.78, 5) is 0. The molecule has 2 N–H and O–H groups in total. The molecule has 0 heterocycles. The Morgan fingerprint density at radius 2 is 2.00 bits per heavy atom. The quantitative estimate of drug-likeness (QED) is 0.428. The highest BCUT2D eigenvalue weighted by Gasteiger charge is 2.00. The number of rotatable bonds is 1. The van der Waals surface area contributed by atoms with Gasteiger partial charge in [0, 0.05) is 23.6 Å². The van der Waals surface area contributed by atoms with Gasteiger partial charge in [0.05, 0.1) is 0 Å². The number of halogens is 1. The van der Waals surface area contributed by atoms with Crippen molar-refractivity contribution in [1.29, 1.82) is 0 Å². The number of nitrogens with two attached hydrogens (primary N) is 1. The standard InChI is InChI=1S/C12H14ClN/c1-9-10(2)12(14)7-6-11(9)5-3-4-8-13/h6-7H,4,8,14H2,1-2H3. The van der Waals surface area contributed by atoms with Crippen molar-refractivity contribution in [3.63, 3.8) is 0 Å². The van der Waals surface area contributed by atoms with Gasteiger partial charge in [-0.05, 0) is 37.1 Å². The van der Waals surface area contributed by atoms with E-state index in [1.54, 1.807) is 0 Å². The van der Waals surface area contributed by atoms with Crippen molar-refractivity contribution in [3.8, 4) is 11.8 Å². The maximum absolute atomic E-state index is 5.78. The molecule has 1 aromatic rings. The van der Waals surface area contributed by atoms with Crippen LogP contribution in [0, 0.1) is 25.7 Å². The molecule has 0 unspecified atom stereocenters. The van der Waals surface area contributed by atoms with Crippen LogP contribution in [0.25, 0.3) is 0 Å². The summed E-state index contributed by atoms with van der Waals surface area (Å²) in [7, 11) is 0. The predicted molar refractivity (Wildman–Crippen MR) is 62.5 cm³/mol. The van der Waals surface area contributed by atoms with Gasteiger partial charge in [-0.3, -0.25) is 0 Å². The first kappa shape index (κ1) is 10.9. The molecule has 0 spiro atoms. The molecule has 0 saturated heterocycles. The highest BCUT2D eigenvalue weighted by atomic mass is 35.5. The molecule has 74 valence electrons. The van der Waals surface area contributed by atoms with Crippen LogP contribution in [0.3, 0.4) is 0 Å². The molecule has 0 aliphatic rings. The minimum atomic E-state index is 0.583. The Kier molecular flexibility index (Phi) is 3.85. The molecule has 1 nitrogen and oxygen atoms in total. The molecule has 2 heteroatoms. The van der Waals surface area contributed by atoms with Gasteiger partial charge < -0.3 is 5.73 Å². The van der Waals surface area contributed by atoms with Crippen molar-refractivity contribution < 1.29 is 0 Å². The second-order valence-electron chi connectivity index (χ2n) is 3.19. The first-order chi connectivity index (χ1) is 6.66. The van der Waals surface area contributed by atoms with Crippen LogP contribution in [-0.2, 0) is 0 Å². The predicted octanol–water partition coefficient (Wildman–Crippen LogP) is 2.87. The lowest BCUT2D eigenvalue weighted by Gasteiger charge is -2.05. The fraction of sp³-hybridized carbons (Fsp3) is 0.333. The van der Waals surface area contributed by atoms with Crippen LogP contribution in [0.4, 0.5) is 5.69 Å². The van der Waals surface area contributed by atoms with Crippen LogP contribution < -0.4 is 5.73 Å². The number of hydrogen-bond acceptors (Lipinski definition) is 1. The van der Waals surface area contributed by atoms with Gasteiger partial charge in [-0.1, -0.05) is 11.8 Å². The van der Waals surface area contributed by atoms with Gasteiger partial charge in [-0.25, -0.2) is 0 Å². The minimum absolute atomic E-state index is 0.583. The minimum Gasteiger partial charge on any atom is -0.399 e. The van der Waals surface area contributed by atoms with Crippen molar-refractivity contribution in [1.82, 2.24) is 0 Å². The first-order valence-corrected chi connectivity index (χ1v) is 5.10. The van der Waals surface area contributed by atoms with Gasteiger partial charge in [0.1, 0.15) is 0 Å². The Hall–Kier alpha value is -1.13. The highest BCUT2D eigenvalue weighted by molar-refractivity contribution is 6.18. The fourth-order valence-electron chi connectivity index (χ4n) is 1.18. The maximum Gasteiger partial charge on any atom is 0.0347 e. The zero-order valence-electron chi connectivity index (χ0n) is 8.52. The van der Waals surface area contributed by atoms with Crippen LogP contribution in [-0.4, -0.2) is 5.88 Å². The Morgan fingerprint density at radius 3 is 2.64 bits per heavy atom. The van der Waals surface area contributed by atoms with Crippen molar-refractivity contribution in [2.75, 3.05) is 11.6 Å². The Morgan fingerprint density at radius 1 is 1.29 bits per heavy atom. The lowest BCUT2D eigenvalue weighted by atomic mass is 10.0. The first-order valence-electron chi connectivity index (χ1n) is 4.57. The number of anilines is 1. The molecule has 0 saturated carbocycles. The van der Waals surface area contributed by atoms with E-state index in [9.17, 15) is 0 Å².